The highest BCUT2D eigenvalue weighted by atomic mass is 79.9. The molecule has 1 aromatic rings. The van der Waals surface area contributed by atoms with Gasteiger partial charge in [-0.15, -0.1) is 0 Å². The van der Waals surface area contributed by atoms with E-state index >= 15 is 0 Å². The van der Waals surface area contributed by atoms with Crippen LogP contribution in [0.15, 0.2) is 20.3 Å². The average Bonchev–Trinajstić information content (AvgIpc) is 2.27. The fourth-order valence-corrected chi connectivity index (χ4v) is 2.28. The molecule has 1 atom stereocenters. The lowest BCUT2D eigenvalue weighted by molar-refractivity contribution is 0.357. The Morgan fingerprint density at radius 2 is 2.25 bits per heavy atom. The molecule has 2 rings (SSSR count). The Kier molecular flexibility index (Phi) is 3.60. The number of rotatable bonds is 2. The highest BCUT2D eigenvalue weighted by molar-refractivity contribution is 9.10. The molecule has 1 fully saturated rings. The SMILES string of the molecule is O=c1[nH]c(=O)n(CC2CCCCN2)cc1Br. The van der Waals surface area contributed by atoms with E-state index in [1.807, 2.05) is 0 Å². The van der Waals surface area contributed by atoms with E-state index in [-0.39, 0.29) is 11.2 Å². The van der Waals surface area contributed by atoms with Crippen LogP contribution in [-0.2, 0) is 6.54 Å². The molecule has 0 saturated carbocycles. The van der Waals surface area contributed by atoms with Crippen LogP contribution in [0.4, 0.5) is 0 Å². The predicted molar refractivity (Wildman–Crippen MR) is 64.7 cm³/mol. The molecule has 1 saturated heterocycles. The number of piperidine rings is 1. The van der Waals surface area contributed by atoms with Gasteiger partial charge in [0, 0.05) is 18.8 Å². The van der Waals surface area contributed by atoms with Crippen molar-refractivity contribution in [3.8, 4) is 0 Å². The fraction of sp³-hybridized carbons (Fsp3) is 0.600. The standard InChI is InChI=1S/C10H14BrN3O2/c11-8-6-14(10(16)13-9(8)15)5-7-3-1-2-4-12-7/h6-7,12H,1-5H2,(H,13,15,16). The number of aromatic amines is 1. The summed E-state index contributed by atoms with van der Waals surface area (Å²) >= 11 is 3.12. The van der Waals surface area contributed by atoms with E-state index in [0.29, 0.717) is 17.1 Å². The molecule has 1 unspecified atom stereocenters. The second kappa shape index (κ2) is 4.97. The third-order valence-electron chi connectivity index (χ3n) is 2.80. The molecule has 88 valence electrons. The van der Waals surface area contributed by atoms with E-state index in [4.69, 9.17) is 0 Å². The van der Waals surface area contributed by atoms with Crippen LogP contribution in [0.2, 0.25) is 0 Å². The highest BCUT2D eigenvalue weighted by Gasteiger charge is 2.14. The van der Waals surface area contributed by atoms with Crippen LogP contribution in [0, 0.1) is 0 Å². The van der Waals surface area contributed by atoms with Crippen molar-refractivity contribution in [1.29, 1.82) is 0 Å². The third kappa shape index (κ3) is 2.62. The van der Waals surface area contributed by atoms with Gasteiger partial charge in [-0.2, -0.15) is 0 Å². The summed E-state index contributed by atoms with van der Waals surface area (Å²) in [4.78, 5) is 25.0. The van der Waals surface area contributed by atoms with Gasteiger partial charge in [0.25, 0.3) is 5.56 Å². The van der Waals surface area contributed by atoms with Crippen LogP contribution in [-0.4, -0.2) is 22.1 Å². The van der Waals surface area contributed by atoms with E-state index in [1.54, 1.807) is 6.20 Å². The predicted octanol–water partition coefficient (Wildman–Crippen LogP) is 0.441. The Morgan fingerprint density at radius 3 is 2.94 bits per heavy atom. The van der Waals surface area contributed by atoms with Crippen molar-refractivity contribution >= 4 is 15.9 Å². The molecule has 0 bridgehead atoms. The molecule has 16 heavy (non-hydrogen) atoms. The van der Waals surface area contributed by atoms with E-state index in [2.05, 4.69) is 26.2 Å². The van der Waals surface area contributed by atoms with E-state index in [0.717, 1.165) is 13.0 Å². The number of halogens is 1. The molecule has 0 spiro atoms. The lowest BCUT2D eigenvalue weighted by Crippen LogP contribution is -2.41. The van der Waals surface area contributed by atoms with Crippen LogP contribution < -0.4 is 16.6 Å². The lowest BCUT2D eigenvalue weighted by atomic mass is 10.1. The van der Waals surface area contributed by atoms with Gasteiger partial charge in [0.1, 0.15) is 0 Å². The summed E-state index contributed by atoms with van der Waals surface area (Å²) in [5.41, 5.74) is -0.724. The molecule has 2 heterocycles. The first kappa shape index (κ1) is 11.6. The van der Waals surface area contributed by atoms with Crippen molar-refractivity contribution in [2.75, 3.05) is 6.54 Å². The lowest BCUT2D eigenvalue weighted by Gasteiger charge is -2.23. The normalized spacial score (nSPS) is 20.9. The first-order valence-electron chi connectivity index (χ1n) is 5.39. The van der Waals surface area contributed by atoms with Crippen molar-refractivity contribution in [1.82, 2.24) is 14.9 Å². The smallest absolute Gasteiger partial charge is 0.312 e. The summed E-state index contributed by atoms with van der Waals surface area (Å²) in [7, 11) is 0. The van der Waals surface area contributed by atoms with Crippen molar-refractivity contribution < 1.29 is 0 Å². The van der Waals surface area contributed by atoms with Crippen LogP contribution in [0.5, 0.6) is 0 Å². The Balaban J connectivity index is 2.17. The zero-order chi connectivity index (χ0) is 11.5. The largest absolute Gasteiger partial charge is 0.328 e. The number of nitrogens with zero attached hydrogens (tertiary/aromatic N) is 1. The molecule has 5 nitrogen and oxygen atoms in total. The molecule has 1 aliphatic heterocycles. The number of hydrogen-bond donors (Lipinski definition) is 2. The zero-order valence-electron chi connectivity index (χ0n) is 8.83. The van der Waals surface area contributed by atoms with Gasteiger partial charge in [-0.05, 0) is 35.3 Å². The molecule has 0 amide bonds. The molecular formula is C10H14BrN3O2. The Hall–Kier alpha value is -0.880. The van der Waals surface area contributed by atoms with Gasteiger partial charge < -0.3 is 5.32 Å². The molecule has 0 radical (unpaired) electrons. The van der Waals surface area contributed by atoms with Gasteiger partial charge in [-0.3, -0.25) is 14.3 Å². The molecule has 0 aliphatic carbocycles. The summed E-state index contributed by atoms with van der Waals surface area (Å²) in [6, 6.07) is 0.323. The van der Waals surface area contributed by atoms with Crippen LogP contribution >= 0.6 is 15.9 Å². The minimum atomic E-state index is -0.377. The van der Waals surface area contributed by atoms with Crippen molar-refractivity contribution in [3.63, 3.8) is 0 Å². The second-order valence-electron chi connectivity index (χ2n) is 4.04. The van der Waals surface area contributed by atoms with E-state index < -0.39 is 0 Å². The number of nitrogens with one attached hydrogen (secondary N) is 2. The van der Waals surface area contributed by atoms with Gasteiger partial charge in [-0.25, -0.2) is 4.79 Å². The molecule has 1 aliphatic rings. The van der Waals surface area contributed by atoms with Gasteiger partial charge in [-0.1, -0.05) is 6.42 Å². The molecular weight excluding hydrogens is 274 g/mol. The fourth-order valence-electron chi connectivity index (χ4n) is 1.94. The number of hydrogen-bond acceptors (Lipinski definition) is 3. The quantitative estimate of drug-likeness (QED) is 0.830. The molecule has 2 N–H and O–H groups in total. The Labute approximate surface area is 101 Å². The first-order valence-corrected chi connectivity index (χ1v) is 6.19. The minimum Gasteiger partial charge on any atom is -0.312 e. The summed E-state index contributed by atoms with van der Waals surface area (Å²) in [5.74, 6) is 0. The van der Waals surface area contributed by atoms with Crippen LogP contribution in [0.25, 0.3) is 0 Å². The monoisotopic (exact) mass is 287 g/mol. The molecule has 0 aromatic carbocycles. The van der Waals surface area contributed by atoms with Crippen molar-refractivity contribution in [2.24, 2.45) is 0 Å². The van der Waals surface area contributed by atoms with Gasteiger partial charge in [0.15, 0.2) is 0 Å². The topological polar surface area (TPSA) is 66.9 Å². The second-order valence-corrected chi connectivity index (χ2v) is 4.89. The summed E-state index contributed by atoms with van der Waals surface area (Å²) < 4.78 is 1.93. The Bertz CT molecular complexity index is 474. The van der Waals surface area contributed by atoms with Crippen LogP contribution in [0.1, 0.15) is 19.3 Å². The van der Waals surface area contributed by atoms with Crippen molar-refractivity contribution in [2.45, 2.75) is 31.8 Å². The highest BCUT2D eigenvalue weighted by Crippen LogP contribution is 2.08. The minimum absolute atomic E-state index is 0.323. The average molecular weight is 288 g/mol. The van der Waals surface area contributed by atoms with Gasteiger partial charge in [0.05, 0.1) is 4.47 Å². The van der Waals surface area contributed by atoms with Gasteiger partial charge >= 0.3 is 5.69 Å². The van der Waals surface area contributed by atoms with E-state index in [9.17, 15) is 9.59 Å². The molecule has 6 heteroatoms. The van der Waals surface area contributed by atoms with Crippen LogP contribution in [0.3, 0.4) is 0 Å². The Morgan fingerprint density at radius 1 is 1.44 bits per heavy atom. The maximum absolute atomic E-state index is 11.5. The number of aromatic nitrogens is 2. The summed E-state index contributed by atoms with van der Waals surface area (Å²) in [5, 5.41) is 3.36. The zero-order valence-corrected chi connectivity index (χ0v) is 10.4. The third-order valence-corrected chi connectivity index (χ3v) is 3.36. The van der Waals surface area contributed by atoms with Gasteiger partial charge in [0.2, 0.25) is 0 Å². The molecule has 1 aromatic heterocycles. The maximum atomic E-state index is 11.5. The summed E-state index contributed by atoms with van der Waals surface area (Å²) in [6.07, 6.45) is 5.01. The first-order chi connectivity index (χ1) is 7.66. The van der Waals surface area contributed by atoms with Crippen molar-refractivity contribution in [3.05, 3.63) is 31.5 Å². The summed E-state index contributed by atoms with van der Waals surface area (Å²) in [6.45, 7) is 1.61. The van der Waals surface area contributed by atoms with E-state index in [1.165, 1.54) is 17.4 Å². The maximum Gasteiger partial charge on any atom is 0.328 e. The number of H-pyrrole nitrogens is 1.